The van der Waals surface area contributed by atoms with Crippen molar-refractivity contribution in [3.63, 3.8) is 0 Å². The van der Waals surface area contributed by atoms with Crippen LogP contribution < -0.4 is 14.8 Å². The van der Waals surface area contributed by atoms with Gasteiger partial charge in [0.25, 0.3) is 0 Å². The van der Waals surface area contributed by atoms with Crippen LogP contribution in [0.15, 0.2) is 24.3 Å². The molecular weight excluding hydrogens is 242 g/mol. The van der Waals surface area contributed by atoms with Gasteiger partial charge in [-0.05, 0) is 36.8 Å². The van der Waals surface area contributed by atoms with Crippen LogP contribution in [0.25, 0.3) is 0 Å². The second-order valence-electron chi connectivity index (χ2n) is 5.15. The Morgan fingerprint density at radius 1 is 1.26 bits per heavy atom. The molecule has 1 fully saturated rings. The first kappa shape index (κ1) is 14.2. The Balaban J connectivity index is 1.64. The summed E-state index contributed by atoms with van der Waals surface area (Å²) in [7, 11) is 1.65. The Kier molecular flexibility index (Phi) is 5.05. The van der Waals surface area contributed by atoms with Gasteiger partial charge in [-0.2, -0.15) is 0 Å². The fourth-order valence-corrected chi connectivity index (χ4v) is 2.25. The van der Waals surface area contributed by atoms with E-state index in [-0.39, 0.29) is 0 Å². The molecule has 0 amide bonds. The minimum Gasteiger partial charge on any atom is -0.493 e. The molecule has 0 atom stereocenters. The lowest BCUT2D eigenvalue weighted by atomic mass is 10.0. The highest BCUT2D eigenvalue weighted by molar-refractivity contribution is 5.39. The molecule has 0 spiro atoms. The predicted octanol–water partition coefficient (Wildman–Crippen LogP) is 1.83. The number of para-hydroxylation sites is 2. The smallest absolute Gasteiger partial charge is 0.161 e. The van der Waals surface area contributed by atoms with Gasteiger partial charge in [0.15, 0.2) is 11.5 Å². The molecule has 0 radical (unpaired) electrons. The minimum atomic E-state index is 0.291. The van der Waals surface area contributed by atoms with Crippen molar-refractivity contribution >= 4 is 0 Å². The van der Waals surface area contributed by atoms with Crippen molar-refractivity contribution in [2.24, 2.45) is 5.41 Å². The lowest BCUT2D eigenvalue weighted by molar-refractivity contribution is 0.240. The molecule has 2 rings (SSSR count). The molecule has 1 aromatic carbocycles. The lowest BCUT2D eigenvalue weighted by Gasteiger charge is -2.15. The van der Waals surface area contributed by atoms with Crippen molar-refractivity contribution < 1.29 is 14.6 Å². The molecule has 0 aliphatic heterocycles. The highest BCUT2D eigenvalue weighted by Gasteiger charge is 2.41. The summed E-state index contributed by atoms with van der Waals surface area (Å²) in [6.45, 7) is 2.70. The maximum Gasteiger partial charge on any atom is 0.161 e. The molecular formula is C15H23NO3. The molecule has 0 bridgehead atoms. The van der Waals surface area contributed by atoms with E-state index in [0.29, 0.717) is 18.6 Å². The maximum atomic E-state index is 8.98. The largest absolute Gasteiger partial charge is 0.493 e. The van der Waals surface area contributed by atoms with Crippen LogP contribution in [-0.2, 0) is 0 Å². The molecule has 0 aromatic heterocycles. The van der Waals surface area contributed by atoms with Crippen LogP contribution >= 0.6 is 0 Å². The van der Waals surface area contributed by atoms with E-state index in [9.17, 15) is 0 Å². The predicted molar refractivity (Wildman–Crippen MR) is 74.7 cm³/mol. The molecule has 2 N–H and O–H groups in total. The zero-order valence-electron chi connectivity index (χ0n) is 11.5. The third kappa shape index (κ3) is 4.11. The van der Waals surface area contributed by atoms with Crippen molar-refractivity contribution in [2.45, 2.75) is 19.3 Å². The number of rotatable bonds is 9. The van der Waals surface area contributed by atoms with Gasteiger partial charge in [-0.15, -0.1) is 0 Å². The molecule has 4 nitrogen and oxygen atoms in total. The van der Waals surface area contributed by atoms with Crippen molar-refractivity contribution in [3.05, 3.63) is 24.3 Å². The van der Waals surface area contributed by atoms with Crippen LogP contribution in [-0.4, -0.2) is 38.5 Å². The van der Waals surface area contributed by atoms with Crippen LogP contribution in [0.5, 0.6) is 11.5 Å². The number of methoxy groups -OCH3 is 1. The van der Waals surface area contributed by atoms with E-state index in [2.05, 4.69) is 5.32 Å². The van der Waals surface area contributed by atoms with E-state index < -0.39 is 0 Å². The van der Waals surface area contributed by atoms with Crippen molar-refractivity contribution in [3.8, 4) is 11.5 Å². The van der Waals surface area contributed by atoms with Crippen LogP contribution in [0.4, 0.5) is 0 Å². The summed E-state index contributed by atoms with van der Waals surface area (Å²) < 4.78 is 10.9. The first-order valence-corrected chi connectivity index (χ1v) is 6.87. The number of nitrogens with one attached hydrogen (secondary N) is 1. The zero-order valence-corrected chi connectivity index (χ0v) is 11.5. The molecule has 0 saturated heterocycles. The normalized spacial score (nSPS) is 16.1. The molecule has 0 unspecified atom stereocenters. The Morgan fingerprint density at radius 2 is 2.00 bits per heavy atom. The van der Waals surface area contributed by atoms with Gasteiger partial charge in [0.2, 0.25) is 0 Å². The third-order valence-corrected chi connectivity index (χ3v) is 3.70. The van der Waals surface area contributed by atoms with Crippen molar-refractivity contribution in [1.29, 1.82) is 0 Å². The summed E-state index contributed by atoms with van der Waals surface area (Å²) in [5, 5.41) is 12.4. The Bertz CT molecular complexity index is 391. The molecule has 1 saturated carbocycles. The molecule has 106 valence electrons. The third-order valence-electron chi connectivity index (χ3n) is 3.70. The Labute approximate surface area is 114 Å². The first-order valence-electron chi connectivity index (χ1n) is 6.87. The number of hydrogen-bond donors (Lipinski definition) is 2. The standard InChI is InChI=1S/C15H23NO3/c1-18-13-4-2-3-5-14(13)19-11-9-16-12-15(6-7-15)8-10-17/h2-5,16-17H,6-12H2,1H3. The Hall–Kier alpha value is -1.26. The van der Waals surface area contributed by atoms with E-state index in [4.69, 9.17) is 14.6 Å². The Morgan fingerprint density at radius 3 is 2.63 bits per heavy atom. The topological polar surface area (TPSA) is 50.7 Å². The average Bonchev–Trinajstić information content (AvgIpc) is 3.19. The number of benzene rings is 1. The van der Waals surface area contributed by atoms with Gasteiger partial charge in [-0.25, -0.2) is 0 Å². The summed E-state index contributed by atoms with van der Waals surface area (Å²) in [4.78, 5) is 0. The maximum absolute atomic E-state index is 8.98. The van der Waals surface area contributed by atoms with E-state index in [0.717, 1.165) is 31.0 Å². The van der Waals surface area contributed by atoms with Gasteiger partial charge >= 0.3 is 0 Å². The van der Waals surface area contributed by atoms with E-state index in [1.54, 1.807) is 7.11 Å². The van der Waals surface area contributed by atoms with E-state index in [1.165, 1.54) is 12.8 Å². The van der Waals surface area contributed by atoms with Gasteiger partial charge < -0.3 is 19.9 Å². The van der Waals surface area contributed by atoms with Crippen LogP contribution in [0.1, 0.15) is 19.3 Å². The first-order chi connectivity index (χ1) is 9.29. The second-order valence-corrected chi connectivity index (χ2v) is 5.15. The summed E-state index contributed by atoms with van der Waals surface area (Å²) in [6, 6.07) is 7.66. The fourth-order valence-electron chi connectivity index (χ4n) is 2.25. The monoisotopic (exact) mass is 265 g/mol. The fraction of sp³-hybridized carbons (Fsp3) is 0.600. The number of aliphatic hydroxyl groups excluding tert-OH is 1. The number of hydrogen-bond acceptors (Lipinski definition) is 4. The van der Waals surface area contributed by atoms with Crippen molar-refractivity contribution in [1.82, 2.24) is 5.32 Å². The SMILES string of the molecule is COc1ccccc1OCCNCC1(CCO)CC1. The van der Waals surface area contributed by atoms with Gasteiger partial charge in [-0.3, -0.25) is 0 Å². The summed E-state index contributed by atoms with van der Waals surface area (Å²) in [6.07, 6.45) is 3.37. The van der Waals surface area contributed by atoms with Gasteiger partial charge in [0.05, 0.1) is 7.11 Å². The molecule has 0 heterocycles. The van der Waals surface area contributed by atoms with Gasteiger partial charge in [-0.1, -0.05) is 12.1 Å². The number of ether oxygens (including phenoxy) is 2. The molecule has 1 aromatic rings. The lowest BCUT2D eigenvalue weighted by Crippen LogP contribution is -2.28. The quantitative estimate of drug-likeness (QED) is 0.669. The van der Waals surface area contributed by atoms with Crippen molar-refractivity contribution in [2.75, 3.05) is 33.4 Å². The zero-order chi connectivity index (χ0) is 13.6. The van der Waals surface area contributed by atoms with Crippen LogP contribution in [0, 0.1) is 5.41 Å². The molecule has 4 heteroatoms. The minimum absolute atomic E-state index is 0.291. The molecule has 1 aliphatic carbocycles. The van der Waals surface area contributed by atoms with Crippen LogP contribution in [0.3, 0.4) is 0 Å². The van der Waals surface area contributed by atoms with E-state index >= 15 is 0 Å². The van der Waals surface area contributed by atoms with Crippen LogP contribution in [0.2, 0.25) is 0 Å². The average molecular weight is 265 g/mol. The summed E-state index contributed by atoms with van der Waals surface area (Å²) >= 11 is 0. The summed E-state index contributed by atoms with van der Waals surface area (Å²) in [5.41, 5.74) is 0.360. The van der Waals surface area contributed by atoms with Gasteiger partial charge in [0.1, 0.15) is 6.61 Å². The molecule has 1 aliphatic rings. The second kappa shape index (κ2) is 6.78. The van der Waals surface area contributed by atoms with Gasteiger partial charge in [0, 0.05) is 19.7 Å². The highest BCUT2D eigenvalue weighted by Crippen LogP contribution is 2.47. The number of aliphatic hydroxyl groups is 1. The summed E-state index contributed by atoms with van der Waals surface area (Å²) in [5.74, 6) is 1.55. The van der Waals surface area contributed by atoms with E-state index in [1.807, 2.05) is 24.3 Å². The highest BCUT2D eigenvalue weighted by atomic mass is 16.5. The molecule has 19 heavy (non-hydrogen) atoms.